The van der Waals surface area contributed by atoms with Crippen molar-refractivity contribution >= 4 is 23.2 Å². The van der Waals surface area contributed by atoms with E-state index in [9.17, 15) is 4.79 Å². The highest BCUT2D eigenvalue weighted by Gasteiger charge is 2.14. The average Bonchev–Trinajstić information content (AvgIpc) is 2.46. The molecule has 1 fully saturated rings. The Morgan fingerprint density at radius 2 is 2.37 bits per heavy atom. The van der Waals surface area contributed by atoms with Crippen molar-refractivity contribution in [2.75, 3.05) is 32.1 Å². The lowest BCUT2D eigenvalue weighted by Gasteiger charge is -2.23. The van der Waals surface area contributed by atoms with Crippen LogP contribution in [0, 0.1) is 5.92 Å². The van der Waals surface area contributed by atoms with Crippen molar-refractivity contribution in [2.24, 2.45) is 5.92 Å². The topological polar surface area (TPSA) is 50.4 Å². The number of ether oxygens (including phenoxy) is 1. The van der Waals surface area contributed by atoms with Crippen LogP contribution in [0.2, 0.25) is 5.02 Å². The quantitative estimate of drug-likeness (QED) is 0.892. The van der Waals surface area contributed by atoms with Crippen molar-refractivity contribution in [1.82, 2.24) is 5.32 Å². The first-order valence-electron chi connectivity index (χ1n) is 6.54. The first kappa shape index (κ1) is 14.2. The van der Waals surface area contributed by atoms with Gasteiger partial charge in [-0.3, -0.25) is 4.79 Å². The van der Waals surface area contributed by atoms with Crippen LogP contribution in [0.4, 0.5) is 5.69 Å². The number of carbonyl (C=O) groups excluding carboxylic acids is 1. The van der Waals surface area contributed by atoms with Gasteiger partial charge in [0.1, 0.15) is 0 Å². The summed E-state index contributed by atoms with van der Waals surface area (Å²) in [5, 5.41) is 6.54. The molecule has 1 amide bonds. The van der Waals surface area contributed by atoms with Gasteiger partial charge in [0, 0.05) is 25.8 Å². The smallest absolute Gasteiger partial charge is 0.251 e. The Balaban J connectivity index is 2.00. The molecule has 1 unspecified atom stereocenters. The molecule has 2 N–H and O–H groups in total. The Morgan fingerprint density at radius 1 is 1.53 bits per heavy atom. The van der Waals surface area contributed by atoms with Crippen LogP contribution in [-0.4, -0.2) is 32.7 Å². The molecule has 5 heteroatoms. The Morgan fingerprint density at radius 3 is 3.05 bits per heavy atom. The van der Waals surface area contributed by atoms with Crippen molar-refractivity contribution in [3.05, 3.63) is 28.8 Å². The molecule has 4 nitrogen and oxygen atoms in total. The van der Waals surface area contributed by atoms with Gasteiger partial charge >= 0.3 is 0 Å². The van der Waals surface area contributed by atoms with Crippen molar-refractivity contribution in [1.29, 1.82) is 0 Å². The molecule has 1 aromatic rings. The Labute approximate surface area is 118 Å². The minimum absolute atomic E-state index is 0.110. The van der Waals surface area contributed by atoms with E-state index in [1.54, 1.807) is 25.2 Å². The first-order chi connectivity index (χ1) is 9.20. The second-order valence-electron chi connectivity index (χ2n) is 4.74. The third-order valence-electron chi connectivity index (χ3n) is 3.29. The number of halogens is 1. The van der Waals surface area contributed by atoms with Crippen LogP contribution in [0.1, 0.15) is 23.2 Å². The highest BCUT2D eigenvalue weighted by Crippen LogP contribution is 2.24. The first-order valence-corrected chi connectivity index (χ1v) is 6.91. The van der Waals surface area contributed by atoms with E-state index in [1.165, 1.54) is 6.42 Å². The van der Waals surface area contributed by atoms with E-state index in [0.717, 1.165) is 31.9 Å². The van der Waals surface area contributed by atoms with Crippen molar-refractivity contribution in [3.63, 3.8) is 0 Å². The number of benzene rings is 1. The molecule has 104 valence electrons. The number of amides is 1. The van der Waals surface area contributed by atoms with Crippen LogP contribution < -0.4 is 10.6 Å². The molecule has 0 radical (unpaired) electrons. The predicted molar refractivity (Wildman–Crippen MR) is 76.9 cm³/mol. The van der Waals surface area contributed by atoms with Gasteiger partial charge in [-0.2, -0.15) is 0 Å². The van der Waals surface area contributed by atoms with E-state index in [4.69, 9.17) is 16.3 Å². The molecular formula is C14H19ClN2O2. The zero-order valence-electron chi connectivity index (χ0n) is 11.0. The maximum Gasteiger partial charge on any atom is 0.251 e. The summed E-state index contributed by atoms with van der Waals surface area (Å²) in [6, 6.07) is 5.24. The fraction of sp³-hybridized carbons (Fsp3) is 0.500. The molecule has 0 bridgehead atoms. The average molecular weight is 283 g/mol. The van der Waals surface area contributed by atoms with Crippen LogP contribution in [0.3, 0.4) is 0 Å². The second kappa shape index (κ2) is 6.78. The number of hydrogen-bond donors (Lipinski definition) is 2. The zero-order chi connectivity index (χ0) is 13.7. The van der Waals surface area contributed by atoms with Gasteiger partial charge < -0.3 is 15.4 Å². The van der Waals surface area contributed by atoms with Crippen molar-refractivity contribution in [2.45, 2.75) is 12.8 Å². The van der Waals surface area contributed by atoms with Gasteiger partial charge in [-0.15, -0.1) is 0 Å². The number of anilines is 1. The van der Waals surface area contributed by atoms with Crippen LogP contribution in [0.25, 0.3) is 0 Å². The van der Waals surface area contributed by atoms with Gasteiger partial charge in [0.05, 0.1) is 17.3 Å². The van der Waals surface area contributed by atoms with Gasteiger partial charge in [0.2, 0.25) is 0 Å². The Kier molecular flexibility index (Phi) is 5.05. The van der Waals surface area contributed by atoms with E-state index < -0.39 is 0 Å². The highest BCUT2D eigenvalue weighted by molar-refractivity contribution is 6.33. The lowest BCUT2D eigenvalue weighted by Crippen LogP contribution is -2.24. The molecule has 1 heterocycles. The van der Waals surface area contributed by atoms with Gasteiger partial charge in [0.15, 0.2) is 0 Å². The second-order valence-corrected chi connectivity index (χ2v) is 5.15. The van der Waals surface area contributed by atoms with Crippen LogP contribution >= 0.6 is 11.6 Å². The summed E-state index contributed by atoms with van der Waals surface area (Å²) in [5.41, 5.74) is 1.41. The number of hydrogen-bond acceptors (Lipinski definition) is 3. The molecule has 1 saturated heterocycles. The van der Waals surface area contributed by atoms with Crippen LogP contribution in [0.15, 0.2) is 18.2 Å². The zero-order valence-corrected chi connectivity index (χ0v) is 11.8. The molecule has 1 aliphatic heterocycles. The largest absolute Gasteiger partial charge is 0.383 e. The van der Waals surface area contributed by atoms with Gasteiger partial charge in [-0.05, 0) is 37.0 Å². The molecule has 0 aromatic heterocycles. The summed E-state index contributed by atoms with van der Waals surface area (Å²) in [7, 11) is 1.61. The Hall–Kier alpha value is -1.26. The number of carbonyl (C=O) groups is 1. The van der Waals surface area contributed by atoms with E-state index in [-0.39, 0.29) is 5.91 Å². The molecule has 0 aliphatic carbocycles. The Bertz CT molecular complexity index is 445. The normalized spacial score (nSPS) is 18.9. The molecular weight excluding hydrogens is 264 g/mol. The van der Waals surface area contributed by atoms with Gasteiger partial charge in [-0.25, -0.2) is 0 Å². The predicted octanol–water partition coefficient (Wildman–Crippen LogP) is 2.54. The molecule has 1 aliphatic rings. The van der Waals surface area contributed by atoms with E-state index in [0.29, 0.717) is 16.5 Å². The molecule has 0 spiro atoms. The molecule has 19 heavy (non-hydrogen) atoms. The van der Waals surface area contributed by atoms with E-state index in [1.807, 2.05) is 0 Å². The molecule has 1 atom stereocenters. The lowest BCUT2D eigenvalue weighted by atomic mass is 10.0. The fourth-order valence-corrected chi connectivity index (χ4v) is 2.35. The molecule has 1 aromatic carbocycles. The molecule has 0 saturated carbocycles. The SMILES string of the molecule is CNC(=O)c1ccc(Cl)c(NCC2CCCOC2)c1. The molecule has 2 rings (SSSR count). The minimum atomic E-state index is -0.110. The van der Waals surface area contributed by atoms with E-state index in [2.05, 4.69) is 10.6 Å². The van der Waals surface area contributed by atoms with E-state index >= 15 is 0 Å². The summed E-state index contributed by atoms with van der Waals surface area (Å²) in [6.45, 7) is 2.47. The summed E-state index contributed by atoms with van der Waals surface area (Å²) < 4.78 is 5.44. The van der Waals surface area contributed by atoms with Crippen molar-refractivity contribution in [3.8, 4) is 0 Å². The summed E-state index contributed by atoms with van der Waals surface area (Å²) >= 11 is 6.14. The number of nitrogens with one attached hydrogen (secondary N) is 2. The lowest BCUT2D eigenvalue weighted by molar-refractivity contribution is 0.0595. The van der Waals surface area contributed by atoms with Crippen LogP contribution in [0.5, 0.6) is 0 Å². The van der Waals surface area contributed by atoms with Crippen molar-refractivity contribution < 1.29 is 9.53 Å². The monoisotopic (exact) mass is 282 g/mol. The third-order valence-corrected chi connectivity index (χ3v) is 3.62. The fourth-order valence-electron chi connectivity index (χ4n) is 2.17. The maximum atomic E-state index is 11.6. The maximum absolute atomic E-state index is 11.6. The van der Waals surface area contributed by atoms with Crippen LogP contribution in [-0.2, 0) is 4.74 Å². The summed E-state index contributed by atoms with van der Waals surface area (Å²) in [4.78, 5) is 11.6. The number of rotatable bonds is 4. The standard InChI is InChI=1S/C14H19ClN2O2/c1-16-14(18)11-4-5-12(15)13(7-11)17-8-10-3-2-6-19-9-10/h4-5,7,10,17H,2-3,6,8-9H2,1H3,(H,16,18). The minimum Gasteiger partial charge on any atom is -0.383 e. The third kappa shape index (κ3) is 3.85. The highest BCUT2D eigenvalue weighted by atomic mass is 35.5. The summed E-state index contributed by atoms with van der Waals surface area (Å²) in [6.07, 6.45) is 2.28. The van der Waals surface area contributed by atoms with Gasteiger partial charge in [-0.1, -0.05) is 11.6 Å². The van der Waals surface area contributed by atoms with Gasteiger partial charge in [0.25, 0.3) is 5.91 Å². The summed E-state index contributed by atoms with van der Waals surface area (Å²) in [5.74, 6) is 0.397.